The van der Waals surface area contributed by atoms with Crippen LogP contribution in [0.5, 0.6) is 0 Å². The normalized spacial score (nSPS) is 12.4. The predicted octanol–water partition coefficient (Wildman–Crippen LogP) is 1.67. The number of benzene rings is 1. The Balaban J connectivity index is 2.64. The van der Waals surface area contributed by atoms with Crippen molar-refractivity contribution >= 4 is 5.78 Å². The van der Waals surface area contributed by atoms with Crippen LogP contribution in [0.2, 0.25) is 0 Å². The Labute approximate surface area is 96.8 Å². The zero-order valence-electron chi connectivity index (χ0n) is 10.1. The van der Waals surface area contributed by atoms with Crippen molar-refractivity contribution in [3.63, 3.8) is 0 Å². The van der Waals surface area contributed by atoms with Crippen molar-refractivity contribution in [3.05, 3.63) is 35.4 Å². The summed E-state index contributed by atoms with van der Waals surface area (Å²) in [6, 6.07) is 7.71. The second-order valence-corrected chi connectivity index (χ2v) is 3.90. The maximum Gasteiger partial charge on any atom is 0.176 e. The second-order valence-electron chi connectivity index (χ2n) is 3.90. The number of likely N-dealkylation sites (N-methyl/N-ethyl adjacent to an activating group) is 1. The van der Waals surface area contributed by atoms with Crippen molar-refractivity contribution in [3.8, 4) is 0 Å². The fourth-order valence-corrected chi connectivity index (χ4v) is 1.50. The van der Waals surface area contributed by atoms with Crippen LogP contribution < -0.4 is 5.32 Å². The van der Waals surface area contributed by atoms with Crippen molar-refractivity contribution in [2.24, 2.45) is 0 Å². The van der Waals surface area contributed by atoms with E-state index in [0.717, 1.165) is 12.0 Å². The molecule has 88 valence electrons. The monoisotopic (exact) mass is 221 g/mol. The molecule has 1 aromatic rings. The highest BCUT2D eigenvalue weighted by Crippen LogP contribution is 2.08. The molecule has 0 fully saturated rings. The first-order valence-corrected chi connectivity index (χ1v) is 5.47. The number of ketones is 1. The highest BCUT2D eigenvalue weighted by molar-refractivity contribution is 5.97. The van der Waals surface area contributed by atoms with Gasteiger partial charge in [-0.15, -0.1) is 0 Å². The molecule has 16 heavy (non-hydrogen) atoms. The van der Waals surface area contributed by atoms with E-state index in [2.05, 4.69) is 5.32 Å². The first kappa shape index (κ1) is 12.9. The van der Waals surface area contributed by atoms with E-state index in [1.807, 2.05) is 31.2 Å². The first-order chi connectivity index (χ1) is 7.67. The molecule has 1 N–H and O–H groups in total. The molecular weight excluding hydrogens is 202 g/mol. The Hall–Kier alpha value is -1.19. The molecule has 1 aromatic carbocycles. The number of hydrogen-bond donors (Lipinski definition) is 1. The van der Waals surface area contributed by atoms with Crippen LogP contribution in [0.1, 0.15) is 22.8 Å². The van der Waals surface area contributed by atoms with Crippen LogP contribution in [0, 0.1) is 0 Å². The molecule has 1 atom stereocenters. The van der Waals surface area contributed by atoms with Gasteiger partial charge < -0.3 is 10.1 Å². The zero-order chi connectivity index (χ0) is 12.0. The molecule has 1 unspecified atom stereocenters. The van der Waals surface area contributed by atoms with Crippen LogP contribution >= 0.6 is 0 Å². The molecule has 0 aliphatic heterocycles. The molecule has 0 heterocycles. The molecule has 0 radical (unpaired) electrons. The van der Waals surface area contributed by atoms with Crippen molar-refractivity contribution in [1.82, 2.24) is 5.32 Å². The number of carbonyl (C=O) groups excluding carboxylic acids is 1. The number of ether oxygens (including phenoxy) is 1. The van der Waals surface area contributed by atoms with E-state index in [4.69, 9.17) is 4.74 Å². The largest absolute Gasteiger partial charge is 0.381 e. The van der Waals surface area contributed by atoms with E-state index in [1.54, 1.807) is 14.2 Å². The minimum absolute atomic E-state index is 0.119. The lowest BCUT2D eigenvalue weighted by Gasteiger charge is -2.09. The summed E-state index contributed by atoms with van der Waals surface area (Å²) in [4.78, 5) is 11.5. The average Bonchev–Trinajstić information content (AvgIpc) is 2.30. The molecule has 0 aromatic heterocycles. The minimum atomic E-state index is 0.119. The lowest BCUT2D eigenvalue weighted by molar-refractivity contribution is 0.0993. The van der Waals surface area contributed by atoms with Crippen LogP contribution in [0.25, 0.3) is 0 Å². The van der Waals surface area contributed by atoms with Gasteiger partial charge in [0.1, 0.15) is 0 Å². The Morgan fingerprint density at radius 1 is 1.38 bits per heavy atom. The van der Waals surface area contributed by atoms with Crippen LogP contribution in [0.3, 0.4) is 0 Å². The summed E-state index contributed by atoms with van der Waals surface area (Å²) in [5, 5.41) is 2.85. The minimum Gasteiger partial charge on any atom is -0.381 e. The van der Waals surface area contributed by atoms with Gasteiger partial charge in [0.2, 0.25) is 0 Å². The summed E-state index contributed by atoms with van der Waals surface area (Å²) in [6.45, 7) is 2.41. The molecule has 0 saturated carbocycles. The van der Waals surface area contributed by atoms with Crippen molar-refractivity contribution in [2.45, 2.75) is 19.4 Å². The van der Waals surface area contributed by atoms with Gasteiger partial charge in [-0.25, -0.2) is 0 Å². The SMILES string of the molecule is CNCC(=O)c1ccc(CC(C)OC)cc1. The summed E-state index contributed by atoms with van der Waals surface area (Å²) >= 11 is 0. The number of carbonyl (C=O) groups is 1. The molecular formula is C13H19NO2. The predicted molar refractivity (Wildman–Crippen MR) is 64.9 cm³/mol. The molecule has 1 rings (SSSR count). The number of hydrogen-bond acceptors (Lipinski definition) is 3. The van der Waals surface area contributed by atoms with Gasteiger partial charge in [-0.3, -0.25) is 4.79 Å². The van der Waals surface area contributed by atoms with Gasteiger partial charge >= 0.3 is 0 Å². The molecule has 0 spiro atoms. The molecule has 0 aliphatic carbocycles. The van der Waals surface area contributed by atoms with Crippen molar-refractivity contribution < 1.29 is 9.53 Å². The highest BCUT2D eigenvalue weighted by Gasteiger charge is 2.05. The van der Waals surface area contributed by atoms with E-state index in [9.17, 15) is 4.79 Å². The quantitative estimate of drug-likeness (QED) is 0.743. The fourth-order valence-electron chi connectivity index (χ4n) is 1.50. The first-order valence-electron chi connectivity index (χ1n) is 5.47. The van der Waals surface area contributed by atoms with E-state index < -0.39 is 0 Å². The summed E-state index contributed by atoms with van der Waals surface area (Å²) in [6.07, 6.45) is 1.08. The Bertz CT molecular complexity index is 332. The van der Waals surface area contributed by atoms with Crippen LogP contribution in [-0.2, 0) is 11.2 Å². The topological polar surface area (TPSA) is 38.3 Å². The Morgan fingerprint density at radius 2 is 2.00 bits per heavy atom. The van der Waals surface area contributed by atoms with Crippen LogP contribution in [0.15, 0.2) is 24.3 Å². The molecule has 0 amide bonds. The summed E-state index contributed by atoms with van der Waals surface area (Å²) in [7, 11) is 3.47. The molecule has 3 heteroatoms. The van der Waals surface area contributed by atoms with Gasteiger partial charge in [-0.05, 0) is 26.0 Å². The molecule has 0 aliphatic rings. The van der Waals surface area contributed by atoms with E-state index in [-0.39, 0.29) is 11.9 Å². The maximum absolute atomic E-state index is 11.5. The van der Waals surface area contributed by atoms with Crippen molar-refractivity contribution in [1.29, 1.82) is 0 Å². The summed E-state index contributed by atoms with van der Waals surface area (Å²) in [5.41, 5.74) is 1.94. The van der Waals surface area contributed by atoms with Gasteiger partial charge in [0, 0.05) is 12.7 Å². The Morgan fingerprint density at radius 3 is 2.50 bits per heavy atom. The van der Waals surface area contributed by atoms with Crippen molar-refractivity contribution in [2.75, 3.05) is 20.7 Å². The standard InChI is InChI=1S/C13H19NO2/c1-10(16-3)8-11-4-6-12(7-5-11)13(15)9-14-2/h4-7,10,14H,8-9H2,1-3H3. The number of Topliss-reactive ketones (excluding diaryl/α,β-unsaturated/α-hetero) is 1. The summed E-state index contributed by atoms with van der Waals surface area (Å²) < 4.78 is 5.19. The molecule has 3 nitrogen and oxygen atoms in total. The fraction of sp³-hybridized carbons (Fsp3) is 0.462. The summed E-state index contributed by atoms with van der Waals surface area (Å²) in [5.74, 6) is 0.119. The van der Waals surface area contributed by atoms with Gasteiger partial charge in [-0.1, -0.05) is 24.3 Å². The van der Waals surface area contributed by atoms with Gasteiger partial charge in [0.15, 0.2) is 5.78 Å². The maximum atomic E-state index is 11.5. The lowest BCUT2D eigenvalue weighted by Crippen LogP contribution is -2.18. The molecule has 0 bridgehead atoms. The van der Waals surface area contributed by atoms with E-state index in [0.29, 0.717) is 6.54 Å². The zero-order valence-corrected chi connectivity index (χ0v) is 10.1. The number of nitrogens with one attached hydrogen (secondary N) is 1. The van der Waals surface area contributed by atoms with Gasteiger partial charge in [0.25, 0.3) is 0 Å². The molecule has 0 saturated heterocycles. The smallest absolute Gasteiger partial charge is 0.176 e. The van der Waals surface area contributed by atoms with E-state index >= 15 is 0 Å². The van der Waals surface area contributed by atoms with E-state index in [1.165, 1.54) is 5.56 Å². The third kappa shape index (κ3) is 3.76. The average molecular weight is 221 g/mol. The third-order valence-corrected chi connectivity index (χ3v) is 2.54. The number of methoxy groups -OCH3 is 1. The van der Waals surface area contributed by atoms with Crippen LogP contribution in [-0.4, -0.2) is 32.6 Å². The third-order valence-electron chi connectivity index (χ3n) is 2.54. The number of rotatable bonds is 6. The van der Waals surface area contributed by atoms with Crippen LogP contribution in [0.4, 0.5) is 0 Å². The Kier molecular flexibility index (Phi) is 5.15. The highest BCUT2D eigenvalue weighted by atomic mass is 16.5. The lowest BCUT2D eigenvalue weighted by atomic mass is 10.0. The second kappa shape index (κ2) is 6.40. The van der Waals surface area contributed by atoms with Gasteiger partial charge in [-0.2, -0.15) is 0 Å². The van der Waals surface area contributed by atoms with Gasteiger partial charge in [0.05, 0.1) is 12.6 Å².